The van der Waals surface area contributed by atoms with Gasteiger partial charge in [-0.3, -0.25) is 14.8 Å². The van der Waals surface area contributed by atoms with E-state index in [1.807, 2.05) is 42.5 Å². The van der Waals surface area contributed by atoms with Gasteiger partial charge in [-0.25, -0.2) is 0 Å². The van der Waals surface area contributed by atoms with E-state index in [0.717, 1.165) is 59.1 Å². The van der Waals surface area contributed by atoms with Crippen molar-refractivity contribution < 1.29 is 4.79 Å². The third-order valence-electron chi connectivity index (χ3n) is 4.55. The van der Waals surface area contributed by atoms with Crippen LogP contribution in [0.3, 0.4) is 0 Å². The molecule has 1 amide bonds. The topological polar surface area (TPSA) is 54.9 Å². The second kappa shape index (κ2) is 6.40. The van der Waals surface area contributed by atoms with Crippen molar-refractivity contribution in [2.45, 2.75) is 32.2 Å². The van der Waals surface area contributed by atoms with E-state index in [-0.39, 0.29) is 5.91 Å². The molecule has 1 aliphatic carbocycles. The van der Waals surface area contributed by atoms with Gasteiger partial charge in [0, 0.05) is 17.3 Å². The van der Waals surface area contributed by atoms with Crippen molar-refractivity contribution in [1.82, 2.24) is 15.3 Å². The van der Waals surface area contributed by atoms with Crippen LogP contribution in [-0.4, -0.2) is 15.9 Å². The van der Waals surface area contributed by atoms with Crippen molar-refractivity contribution in [2.24, 2.45) is 0 Å². The molecular weight excluding hydrogens is 298 g/mol. The van der Waals surface area contributed by atoms with Gasteiger partial charge in [0.2, 0.25) is 0 Å². The molecule has 0 aliphatic heterocycles. The van der Waals surface area contributed by atoms with Crippen molar-refractivity contribution in [3.63, 3.8) is 0 Å². The summed E-state index contributed by atoms with van der Waals surface area (Å²) >= 11 is 0. The van der Waals surface area contributed by atoms with Crippen molar-refractivity contribution in [3.05, 3.63) is 71.2 Å². The van der Waals surface area contributed by atoms with E-state index in [2.05, 4.69) is 10.3 Å². The number of nitrogens with one attached hydrogen (secondary N) is 1. The zero-order valence-corrected chi connectivity index (χ0v) is 13.5. The second-order valence-corrected chi connectivity index (χ2v) is 6.14. The van der Waals surface area contributed by atoms with E-state index in [1.165, 1.54) is 0 Å². The number of hydrogen-bond donors (Lipinski definition) is 1. The summed E-state index contributed by atoms with van der Waals surface area (Å²) in [4.78, 5) is 22.0. The molecule has 2 aromatic heterocycles. The Morgan fingerprint density at radius 2 is 1.88 bits per heavy atom. The lowest BCUT2D eigenvalue weighted by molar-refractivity contribution is 0.0950. The lowest BCUT2D eigenvalue weighted by atomic mass is 9.89. The number of aromatic nitrogens is 2. The van der Waals surface area contributed by atoms with Crippen LogP contribution >= 0.6 is 0 Å². The molecule has 1 aromatic carbocycles. The van der Waals surface area contributed by atoms with Gasteiger partial charge >= 0.3 is 0 Å². The van der Waals surface area contributed by atoms with Crippen LogP contribution in [-0.2, 0) is 19.4 Å². The normalized spacial score (nSPS) is 13.5. The van der Waals surface area contributed by atoms with Crippen LogP contribution in [0.5, 0.6) is 0 Å². The molecule has 0 unspecified atom stereocenters. The third kappa shape index (κ3) is 2.75. The summed E-state index contributed by atoms with van der Waals surface area (Å²) in [6.45, 7) is 0.436. The van der Waals surface area contributed by atoms with Crippen LogP contribution < -0.4 is 5.32 Å². The Hall–Kier alpha value is -2.75. The van der Waals surface area contributed by atoms with Crippen molar-refractivity contribution in [1.29, 1.82) is 0 Å². The lowest BCUT2D eigenvalue weighted by Gasteiger charge is -2.20. The van der Waals surface area contributed by atoms with Gasteiger partial charge in [-0.2, -0.15) is 0 Å². The zero-order chi connectivity index (χ0) is 16.4. The standard InChI is InChI=1S/C20H19N3O/c24-20(22-13-14-7-5-6-12-21-14)19-15-8-1-3-10-17(15)23-18-11-4-2-9-16(18)19/h1,3,5-8,10,12H,2,4,9,11,13H2,(H,22,24). The third-order valence-corrected chi connectivity index (χ3v) is 4.55. The van der Waals surface area contributed by atoms with Crippen LogP contribution in [0.15, 0.2) is 48.7 Å². The number of carbonyl (C=O) groups is 1. The molecule has 0 bridgehead atoms. The van der Waals surface area contributed by atoms with E-state index in [1.54, 1.807) is 6.20 Å². The molecule has 0 atom stereocenters. The minimum Gasteiger partial charge on any atom is -0.346 e. The van der Waals surface area contributed by atoms with E-state index in [0.29, 0.717) is 6.54 Å². The predicted octanol–water partition coefficient (Wildman–Crippen LogP) is 3.44. The fourth-order valence-electron chi connectivity index (χ4n) is 3.39. The van der Waals surface area contributed by atoms with Gasteiger partial charge in [-0.15, -0.1) is 0 Å². The number of rotatable bonds is 3. The molecule has 4 rings (SSSR count). The average molecular weight is 317 g/mol. The fourth-order valence-corrected chi connectivity index (χ4v) is 3.39. The number of carbonyl (C=O) groups excluding carboxylic acids is 1. The van der Waals surface area contributed by atoms with Gasteiger partial charge in [0.15, 0.2) is 0 Å². The van der Waals surface area contributed by atoms with Crippen LogP contribution in [0.4, 0.5) is 0 Å². The molecular formula is C20H19N3O. The molecule has 1 N–H and O–H groups in total. The first kappa shape index (κ1) is 14.8. The zero-order valence-electron chi connectivity index (χ0n) is 13.5. The van der Waals surface area contributed by atoms with Crippen molar-refractivity contribution in [2.75, 3.05) is 0 Å². The quantitative estimate of drug-likeness (QED) is 0.805. The fraction of sp³-hybridized carbons (Fsp3) is 0.250. The summed E-state index contributed by atoms with van der Waals surface area (Å²) in [5.41, 5.74) is 4.77. The molecule has 4 nitrogen and oxygen atoms in total. The maximum absolute atomic E-state index is 12.9. The number of amides is 1. The minimum absolute atomic E-state index is 0.0302. The molecule has 0 fully saturated rings. The number of para-hydroxylation sites is 1. The molecule has 120 valence electrons. The molecule has 24 heavy (non-hydrogen) atoms. The van der Waals surface area contributed by atoms with Crippen LogP contribution in [0.2, 0.25) is 0 Å². The maximum Gasteiger partial charge on any atom is 0.252 e. The summed E-state index contributed by atoms with van der Waals surface area (Å²) in [7, 11) is 0. The highest BCUT2D eigenvalue weighted by atomic mass is 16.1. The molecule has 0 saturated carbocycles. The van der Waals surface area contributed by atoms with Gasteiger partial charge in [0.05, 0.1) is 23.3 Å². The summed E-state index contributed by atoms with van der Waals surface area (Å²) in [6.07, 6.45) is 5.90. The Balaban J connectivity index is 1.73. The smallest absolute Gasteiger partial charge is 0.252 e. The van der Waals surface area contributed by atoms with E-state index < -0.39 is 0 Å². The molecule has 0 saturated heterocycles. The number of aryl methyl sites for hydroxylation is 1. The number of hydrogen-bond acceptors (Lipinski definition) is 3. The number of nitrogens with zero attached hydrogens (tertiary/aromatic N) is 2. The average Bonchev–Trinajstić information content (AvgIpc) is 2.65. The first-order valence-electron chi connectivity index (χ1n) is 8.41. The van der Waals surface area contributed by atoms with E-state index in [9.17, 15) is 4.79 Å². The Morgan fingerprint density at radius 1 is 1.04 bits per heavy atom. The molecule has 2 heterocycles. The number of pyridine rings is 2. The monoisotopic (exact) mass is 317 g/mol. The molecule has 0 spiro atoms. The Bertz CT molecular complexity index is 890. The summed E-state index contributed by atoms with van der Waals surface area (Å²) in [5, 5.41) is 3.97. The molecule has 1 aliphatic rings. The largest absolute Gasteiger partial charge is 0.346 e. The van der Waals surface area contributed by atoms with Gasteiger partial charge in [0.25, 0.3) is 5.91 Å². The van der Waals surface area contributed by atoms with Gasteiger partial charge in [-0.05, 0) is 49.4 Å². The number of fused-ring (bicyclic) bond motifs is 2. The summed E-state index contributed by atoms with van der Waals surface area (Å²) in [6, 6.07) is 13.6. The van der Waals surface area contributed by atoms with Crippen LogP contribution in [0.1, 0.15) is 40.2 Å². The van der Waals surface area contributed by atoms with Crippen LogP contribution in [0.25, 0.3) is 10.9 Å². The maximum atomic E-state index is 12.9. The van der Waals surface area contributed by atoms with Crippen LogP contribution in [0, 0.1) is 0 Å². The molecule has 4 heteroatoms. The first-order valence-corrected chi connectivity index (χ1v) is 8.41. The molecule has 3 aromatic rings. The highest BCUT2D eigenvalue weighted by Crippen LogP contribution is 2.29. The summed E-state index contributed by atoms with van der Waals surface area (Å²) < 4.78 is 0. The second-order valence-electron chi connectivity index (χ2n) is 6.14. The summed E-state index contributed by atoms with van der Waals surface area (Å²) in [5.74, 6) is -0.0302. The van der Waals surface area contributed by atoms with Crippen molar-refractivity contribution in [3.8, 4) is 0 Å². The SMILES string of the molecule is O=C(NCc1ccccn1)c1c2c(nc3ccccc13)CCCC2. The first-order chi connectivity index (χ1) is 11.8. The number of benzene rings is 1. The highest BCUT2D eigenvalue weighted by Gasteiger charge is 2.22. The van der Waals surface area contributed by atoms with Crippen molar-refractivity contribution >= 4 is 16.8 Å². The van der Waals surface area contributed by atoms with E-state index >= 15 is 0 Å². The Morgan fingerprint density at radius 3 is 2.75 bits per heavy atom. The highest BCUT2D eigenvalue weighted by molar-refractivity contribution is 6.07. The molecule has 0 radical (unpaired) electrons. The minimum atomic E-state index is -0.0302. The predicted molar refractivity (Wildman–Crippen MR) is 93.8 cm³/mol. The van der Waals surface area contributed by atoms with Gasteiger partial charge in [-0.1, -0.05) is 24.3 Å². The van der Waals surface area contributed by atoms with Gasteiger partial charge in [0.1, 0.15) is 0 Å². The van der Waals surface area contributed by atoms with E-state index in [4.69, 9.17) is 4.98 Å². The lowest BCUT2D eigenvalue weighted by Crippen LogP contribution is -2.26. The Kier molecular flexibility index (Phi) is 3.95. The Labute approximate surface area is 141 Å². The van der Waals surface area contributed by atoms with Gasteiger partial charge < -0.3 is 5.32 Å².